The molecule has 1 spiro atoms. The number of benzene rings is 2. The fourth-order valence-electron chi connectivity index (χ4n) is 4.64. The first kappa shape index (κ1) is 24.1. The van der Waals surface area contributed by atoms with Gasteiger partial charge in [0.2, 0.25) is 0 Å². The zero-order valence-corrected chi connectivity index (χ0v) is 20.2. The quantitative estimate of drug-likeness (QED) is 0.644. The summed E-state index contributed by atoms with van der Waals surface area (Å²) in [5, 5.41) is 2.94. The molecule has 1 amide bonds. The van der Waals surface area contributed by atoms with Gasteiger partial charge in [-0.25, -0.2) is 9.59 Å². The van der Waals surface area contributed by atoms with Gasteiger partial charge in [-0.15, -0.1) is 0 Å². The number of nitrogens with one attached hydrogen (secondary N) is 1. The number of anilines is 1. The molecule has 7 nitrogen and oxygen atoms in total. The van der Waals surface area contributed by atoms with Gasteiger partial charge in [0.15, 0.2) is 0 Å². The molecule has 4 rings (SSSR count). The van der Waals surface area contributed by atoms with Gasteiger partial charge < -0.3 is 24.4 Å². The second-order valence-electron chi connectivity index (χ2n) is 10.1. The summed E-state index contributed by atoms with van der Waals surface area (Å²) < 4.78 is 17.1. The minimum absolute atomic E-state index is 0.0540. The lowest BCUT2D eigenvalue weighted by Gasteiger charge is -2.40. The predicted octanol–water partition coefficient (Wildman–Crippen LogP) is 4.70. The highest BCUT2D eigenvalue weighted by molar-refractivity contribution is 5.95. The molecule has 2 fully saturated rings. The monoisotopic (exact) mass is 466 g/mol. The van der Waals surface area contributed by atoms with E-state index in [2.05, 4.69) is 10.2 Å². The molecule has 2 heterocycles. The van der Waals surface area contributed by atoms with Crippen LogP contribution in [0.2, 0.25) is 0 Å². The van der Waals surface area contributed by atoms with Crippen LogP contribution in [0.25, 0.3) is 0 Å². The minimum atomic E-state index is -0.526. The average molecular weight is 467 g/mol. The van der Waals surface area contributed by atoms with E-state index < -0.39 is 11.7 Å². The maximum absolute atomic E-state index is 12.9. The Bertz CT molecular complexity index is 994. The predicted molar refractivity (Wildman–Crippen MR) is 130 cm³/mol. The van der Waals surface area contributed by atoms with E-state index in [-0.39, 0.29) is 24.2 Å². The fourth-order valence-corrected chi connectivity index (χ4v) is 4.64. The number of ether oxygens (including phenoxy) is 3. The highest BCUT2D eigenvalue weighted by Gasteiger charge is 2.43. The summed E-state index contributed by atoms with van der Waals surface area (Å²) in [7, 11) is 0. The summed E-state index contributed by atoms with van der Waals surface area (Å²) >= 11 is 0. The maximum atomic E-state index is 12.9. The number of carbonyl (C=O) groups excluding carboxylic acids is 2. The number of piperidine rings is 1. The minimum Gasteiger partial charge on any atom is -0.457 e. The van der Waals surface area contributed by atoms with Crippen LogP contribution in [-0.2, 0) is 20.8 Å². The van der Waals surface area contributed by atoms with Crippen LogP contribution in [0.15, 0.2) is 54.6 Å². The molecule has 2 aromatic carbocycles. The summed E-state index contributed by atoms with van der Waals surface area (Å²) in [5.41, 5.74) is 1.64. The molecule has 7 heteroatoms. The summed E-state index contributed by atoms with van der Waals surface area (Å²) in [6.45, 7) is 7.82. The van der Waals surface area contributed by atoms with Gasteiger partial charge in [-0.2, -0.15) is 0 Å². The Balaban J connectivity index is 1.33. The van der Waals surface area contributed by atoms with Gasteiger partial charge in [0, 0.05) is 13.1 Å². The van der Waals surface area contributed by atoms with Crippen molar-refractivity contribution in [1.82, 2.24) is 5.32 Å². The molecular weight excluding hydrogens is 432 g/mol. The van der Waals surface area contributed by atoms with E-state index in [0.717, 1.165) is 43.6 Å². The van der Waals surface area contributed by atoms with Crippen LogP contribution in [-0.4, -0.2) is 49.0 Å². The molecule has 1 atom stereocenters. The molecular formula is C27H34N2O5. The van der Waals surface area contributed by atoms with Crippen LogP contribution >= 0.6 is 0 Å². The number of hydrogen-bond acceptors (Lipinski definition) is 6. The molecule has 182 valence electrons. The van der Waals surface area contributed by atoms with Gasteiger partial charge in [-0.3, -0.25) is 0 Å². The van der Waals surface area contributed by atoms with Crippen molar-refractivity contribution in [2.24, 2.45) is 0 Å². The molecule has 0 aliphatic carbocycles. The van der Waals surface area contributed by atoms with Gasteiger partial charge in [0.05, 0.1) is 29.5 Å². The van der Waals surface area contributed by atoms with E-state index >= 15 is 0 Å². The molecule has 2 saturated heterocycles. The van der Waals surface area contributed by atoms with E-state index in [1.807, 2.05) is 75.4 Å². The third kappa shape index (κ3) is 6.08. The molecule has 1 N–H and O–H groups in total. The summed E-state index contributed by atoms with van der Waals surface area (Å²) in [5.74, 6) is -0.321. The lowest BCUT2D eigenvalue weighted by Crippen LogP contribution is -2.45. The lowest BCUT2D eigenvalue weighted by molar-refractivity contribution is -0.0151. The number of para-hydroxylation sites is 1. The summed E-state index contributed by atoms with van der Waals surface area (Å²) in [6, 6.07) is 17.2. The van der Waals surface area contributed by atoms with E-state index in [1.165, 1.54) is 0 Å². The van der Waals surface area contributed by atoms with E-state index in [9.17, 15) is 9.59 Å². The van der Waals surface area contributed by atoms with Gasteiger partial charge in [-0.1, -0.05) is 42.5 Å². The number of amides is 1. The Morgan fingerprint density at radius 2 is 1.74 bits per heavy atom. The molecule has 1 unspecified atom stereocenters. The van der Waals surface area contributed by atoms with Crippen molar-refractivity contribution in [2.75, 3.05) is 24.6 Å². The molecule has 2 aromatic rings. The molecule has 34 heavy (non-hydrogen) atoms. The third-order valence-electron chi connectivity index (χ3n) is 6.28. The largest absolute Gasteiger partial charge is 0.457 e. The zero-order chi connectivity index (χ0) is 24.2. The van der Waals surface area contributed by atoms with Crippen molar-refractivity contribution in [2.45, 2.75) is 63.9 Å². The van der Waals surface area contributed by atoms with Crippen LogP contribution < -0.4 is 10.2 Å². The first-order valence-electron chi connectivity index (χ1n) is 11.9. The molecule has 0 saturated carbocycles. The van der Waals surface area contributed by atoms with Crippen molar-refractivity contribution >= 4 is 17.7 Å². The van der Waals surface area contributed by atoms with Crippen LogP contribution in [0.1, 0.15) is 56.0 Å². The fraction of sp³-hybridized carbons (Fsp3) is 0.481. The third-order valence-corrected chi connectivity index (χ3v) is 6.28. The van der Waals surface area contributed by atoms with Crippen molar-refractivity contribution in [3.05, 3.63) is 65.7 Å². The zero-order valence-electron chi connectivity index (χ0n) is 20.2. The molecule has 0 bridgehead atoms. The summed E-state index contributed by atoms with van der Waals surface area (Å²) in [6.07, 6.45) is 2.01. The van der Waals surface area contributed by atoms with Gasteiger partial charge in [0.1, 0.15) is 12.2 Å². The molecule has 2 aliphatic rings. The normalized spacial score (nSPS) is 19.6. The Hall–Kier alpha value is -3.06. The van der Waals surface area contributed by atoms with E-state index in [4.69, 9.17) is 14.2 Å². The van der Waals surface area contributed by atoms with E-state index in [1.54, 1.807) is 0 Å². The van der Waals surface area contributed by atoms with Crippen molar-refractivity contribution in [3.63, 3.8) is 0 Å². The molecule has 2 aliphatic heterocycles. The highest BCUT2D eigenvalue weighted by atomic mass is 16.6. The van der Waals surface area contributed by atoms with Gasteiger partial charge in [-0.05, 0) is 57.7 Å². The standard InChI is InChI=1S/C27H34N2O5/c1-26(2,3)34-25(31)28-21-17-27(33-19-21)13-15-29(16-14-27)23-12-8-7-11-22(23)24(30)32-18-20-9-5-4-6-10-20/h4-12,21H,13-19H2,1-3H3,(H,28,31). The second kappa shape index (κ2) is 10.1. The number of esters is 1. The second-order valence-corrected chi connectivity index (χ2v) is 10.1. The van der Waals surface area contributed by atoms with Crippen molar-refractivity contribution < 1.29 is 23.8 Å². The van der Waals surface area contributed by atoms with Gasteiger partial charge in [0.25, 0.3) is 0 Å². The van der Waals surface area contributed by atoms with Crippen molar-refractivity contribution in [1.29, 1.82) is 0 Å². The first-order valence-corrected chi connectivity index (χ1v) is 11.9. The van der Waals surface area contributed by atoms with Crippen LogP contribution in [0.3, 0.4) is 0 Å². The Labute approximate surface area is 201 Å². The van der Waals surface area contributed by atoms with Crippen molar-refractivity contribution in [3.8, 4) is 0 Å². The smallest absolute Gasteiger partial charge is 0.407 e. The number of carbonyl (C=O) groups is 2. The van der Waals surface area contributed by atoms with Crippen LogP contribution in [0.5, 0.6) is 0 Å². The summed E-state index contributed by atoms with van der Waals surface area (Å²) in [4.78, 5) is 27.2. The Morgan fingerprint density at radius 3 is 2.44 bits per heavy atom. The Morgan fingerprint density at radius 1 is 1.06 bits per heavy atom. The highest BCUT2D eigenvalue weighted by Crippen LogP contribution is 2.38. The topological polar surface area (TPSA) is 77.1 Å². The number of alkyl carbamates (subject to hydrolysis) is 1. The number of rotatable bonds is 5. The number of nitrogens with zero attached hydrogens (tertiary/aromatic N) is 1. The van der Waals surface area contributed by atoms with Crippen LogP contribution in [0.4, 0.5) is 10.5 Å². The van der Waals surface area contributed by atoms with E-state index in [0.29, 0.717) is 12.2 Å². The molecule has 0 aromatic heterocycles. The SMILES string of the molecule is CC(C)(C)OC(=O)NC1COC2(CCN(c3ccccc3C(=O)OCc3ccccc3)CC2)C1. The molecule has 0 radical (unpaired) electrons. The van der Waals surface area contributed by atoms with Crippen LogP contribution in [0, 0.1) is 0 Å². The maximum Gasteiger partial charge on any atom is 0.407 e. The van der Waals surface area contributed by atoms with Gasteiger partial charge >= 0.3 is 12.1 Å². The first-order chi connectivity index (χ1) is 16.2. The number of hydrogen-bond donors (Lipinski definition) is 1. The average Bonchev–Trinajstić information content (AvgIpc) is 3.19. The lowest BCUT2D eigenvalue weighted by atomic mass is 9.87. The Kier molecular flexibility index (Phi) is 7.12.